The summed E-state index contributed by atoms with van der Waals surface area (Å²) in [6, 6.07) is 5.81. The Labute approximate surface area is 112 Å². The van der Waals surface area contributed by atoms with Crippen molar-refractivity contribution >= 4 is 17.3 Å². The molecule has 0 aromatic heterocycles. The summed E-state index contributed by atoms with van der Waals surface area (Å²) in [6.45, 7) is 5.24. The van der Waals surface area contributed by atoms with Crippen molar-refractivity contribution in [2.75, 3.05) is 24.5 Å². The molecular formula is C14H18ClFN2. The third kappa shape index (κ3) is 1.99. The van der Waals surface area contributed by atoms with Crippen LogP contribution in [0.5, 0.6) is 0 Å². The number of para-hydroxylation sites is 1. The van der Waals surface area contributed by atoms with Gasteiger partial charge in [-0.15, -0.1) is 0 Å². The summed E-state index contributed by atoms with van der Waals surface area (Å²) >= 11 is 6.18. The summed E-state index contributed by atoms with van der Waals surface area (Å²) in [6.07, 6.45) is 2.48. The Kier molecular flexibility index (Phi) is 3.20. The van der Waals surface area contributed by atoms with Crippen LogP contribution in [0.15, 0.2) is 18.2 Å². The van der Waals surface area contributed by atoms with Crippen molar-refractivity contribution in [1.82, 2.24) is 4.90 Å². The fraction of sp³-hybridized carbons (Fsp3) is 0.571. The average Bonchev–Trinajstić information content (AvgIpc) is 2.76. The predicted octanol–water partition coefficient (Wildman–Crippen LogP) is 3.15. The zero-order chi connectivity index (χ0) is 12.7. The number of piperazine rings is 1. The van der Waals surface area contributed by atoms with Crippen LogP contribution in [0.1, 0.15) is 19.8 Å². The summed E-state index contributed by atoms with van der Waals surface area (Å²) in [7, 11) is 0. The molecule has 18 heavy (non-hydrogen) atoms. The molecule has 3 rings (SSSR count). The van der Waals surface area contributed by atoms with E-state index in [2.05, 4.69) is 16.7 Å². The molecular weight excluding hydrogens is 251 g/mol. The first-order valence-electron chi connectivity index (χ1n) is 6.61. The highest BCUT2D eigenvalue weighted by Crippen LogP contribution is 2.34. The smallest absolute Gasteiger partial charge is 0.148 e. The van der Waals surface area contributed by atoms with Gasteiger partial charge in [0.05, 0.1) is 10.7 Å². The zero-order valence-corrected chi connectivity index (χ0v) is 11.3. The highest BCUT2D eigenvalue weighted by molar-refractivity contribution is 6.33. The molecule has 1 aromatic rings. The van der Waals surface area contributed by atoms with E-state index >= 15 is 0 Å². The van der Waals surface area contributed by atoms with Gasteiger partial charge in [0.1, 0.15) is 5.82 Å². The quantitative estimate of drug-likeness (QED) is 0.772. The number of fused-ring (bicyclic) bond motifs is 1. The standard InChI is InChI=1S/C14H18ClFN2/c1-10-8-17-7-3-4-11(17)9-18(10)14-12(15)5-2-6-13(14)16/h2,5-6,10-11H,3-4,7-9H2,1H3. The number of benzene rings is 1. The van der Waals surface area contributed by atoms with E-state index in [0.29, 0.717) is 22.8 Å². The van der Waals surface area contributed by atoms with Gasteiger partial charge in [-0.1, -0.05) is 17.7 Å². The molecule has 0 saturated carbocycles. The number of hydrogen-bond acceptors (Lipinski definition) is 2. The van der Waals surface area contributed by atoms with Gasteiger partial charge in [0.15, 0.2) is 0 Å². The number of halogens is 2. The first-order valence-corrected chi connectivity index (χ1v) is 6.99. The third-order valence-corrected chi connectivity index (χ3v) is 4.47. The number of nitrogens with zero attached hydrogens (tertiary/aromatic N) is 2. The van der Waals surface area contributed by atoms with Crippen LogP contribution in [0.4, 0.5) is 10.1 Å². The van der Waals surface area contributed by atoms with Gasteiger partial charge in [-0.05, 0) is 38.4 Å². The van der Waals surface area contributed by atoms with E-state index in [0.717, 1.165) is 13.1 Å². The Bertz CT molecular complexity index is 431. The SMILES string of the molecule is CC1CN2CCCC2CN1c1c(F)cccc1Cl. The van der Waals surface area contributed by atoms with E-state index in [1.165, 1.54) is 25.5 Å². The molecule has 2 fully saturated rings. The second-order valence-electron chi connectivity index (χ2n) is 5.36. The Morgan fingerprint density at radius 3 is 2.94 bits per heavy atom. The van der Waals surface area contributed by atoms with E-state index in [9.17, 15) is 4.39 Å². The molecule has 0 N–H and O–H groups in total. The first-order chi connectivity index (χ1) is 8.66. The van der Waals surface area contributed by atoms with Gasteiger partial charge in [0, 0.05) is 25.2 Å². The van der Waals surface area contributed by atoms with Crippen molar-refractivity contribution in [3.63, 3.8) is 0 Å². The Hall–Kier alpha value is -0.800. The summed E-state index contributed by atoms with van der Waals surface area (Å²) in [4.78, 5) is 4.67. The fourth-order valence-electron chi connectivity index (χ4n) is 3.26. The lowest BCUT2D eigenvalue weighted by Crippen LogP contribution is -2.55. The van der Waals surface area contributed by atoms with Crippen LogP contribution >= 0.6 is 11.6 Å². The molecule has 1 aromatic carbocycles. The second kappa shape index (κ2) is 4.71. The van der Waals surface area contributed by atoms with Crippen molar-refractivity contribution in [2.45, 2.75) is 31.8 Å². The van der Waals surface area contributed by atoms with Gasteiger partial charge in [0.2, 0.25) is 0 Å². The predicted molar refractivity (Wildman–Crippen MR) is 72.8 cm³/mol. The molecule has 2 unspecified atom stereocenters. The molecule has 0 radical (unpaired) electrons. The second-order valence-corrected chi connectivity index (χ2v) is 5.77. The van der Waals surface area contributed by atoms with Crippen molar-refractivity contribution in [1.29, 1.82) is 0 Å². The van der Waals surface area contributed by atoms with Crippen LogP contribution in [-0.2, 0) is 0 Å². The van der Waals surface area contributed by atoms with Crippen molar-refractivity contribution in [3.8, 4) is 0 Å². The molecule has 2 saturated heterocycles. The highest BCUT2D eigenvalue weighted by atomic mass is 35.5. The lowest BCUT2D eigenvalue weighted by molar-refractivity contribution is 0.202. The largest absolute Gasteiger partial charge is 0.362 e. The van der Waals surface area contributed by atoms with Crippen LogP contribution in [0, 0.1) is 5.82 Å². The molecule has 98 valence electrons. The van der Waals surface area contributed by atoms with Gasteiger partial charge in [0.25, 0.3) is 0 Å². The summed E-state index contributed by atoms with van der Waals surface area (Å²) in [5, 5.41) is 0.522. The van der Waals surface area contributed by atoms with E-state index in [-0.39, 0.29) is 5.82 Å². The number of hydrogen-bond donors (Lipinski definition) is 0. The van der Waals surface area contributed by atoms with E-state index in [4.69, 9.17) is 11.6 Å². The first kappa shape index (κ1) is 12.2. The molecule has 0 aliphatic carbocycles. The molecule has 0 bridgehead atoms. The minimum atomic E-state index is -0.208. The third-order valence-electron chi connectivity index (χ3n) is 4.16. The summed E-state index contributed by atoms with van der Waals surface area (Å²) < 4.78 is 14.0. The zero-order valence-electron chi connectivity index (χ0n) is 10.6. The minimum absolute atomic E-state index is 0.208. The molecule has 2 aliphatic rings. The fourth-order valence-corrected chi connectivity index (χ4v) is 3.53. The molecule has 2 nitrogen and oxygen atoms in total. The maximum atomic E-state index is 14.0. The monoisotopic (exact) mass is 268 g/mol. The molecule has 2 heterocycles. The normalized spacial score (nSPS) is 28.5. The van der Waals surface area contributed by atoms with Crippen LogP contribution in [0.25, 0.3) is 0 Å². The van der Waals surface area contributed by atoms with E-state index in [1.54, 1.807) is 12.1 Å². The van der Waals surface area contributed by atoms with Gasteiger partial charge in [-0.25, -0.2) is 4.39 Å². The Morgan fingerprint density at radius 1 is 1.33 bits per heavy atom. The summed E-state index contributed by atoms with van der Waals surface area (Å²) in [5.41, 5.74) is 0.582. The lowest BCUT2D eigenvalue weighted by atomic mass is 10.1. The van der Waals surface area contributed by atoms with Crippen LogP contribution in [0.3, 0.4) is 0 Å². The highest BCUT2D eigenvalue weighted by Gasteiger charge is 2.35. The number of anilines is 1. The maximum absolute atomic E-state index is 14.0. The van der Waals surface area contributed by atoms with Gasteiger partial charge >= 0.3 is 0 Å². The van der Waals surface area contributed by atoms with Crippen molar-refractivity contribution < 1.29 is 4.39 Å². The molecule has 0 amide bonds. The van der Waals surface area contributed by atoms with E-state index < -0.39 is 0 Å². The van der Waals surface area contributed by atoms with Crippen LogP contribution < -0.4 is 4.90 Å². The van der Waals surface area contributed by atoms with Crippen molar-refractivity contribution in [3.05, 3.63) is 29.0 Å². The molecule has 4 heteroatoms. The van der Waals surface area contributed by atoms with Crippen LogP contribution in [0.2, 0.25) is 5.02 Å². The minimum Gasteiger partial charge on any atom is -0.362 e. The maximum Gasteiger partial charge on any atom is 0.148 e. The van der Waals surface area contributed by atoms with Gasteiger partial charge in [-0.3, -0.25) is 4.90 Å². The van der Waals surface area contributed by atoms with Crippen molar-refractivity contribution in [2.24, 2.45) is 0 Å². The topological polar surface area (TPSA) is 6.48 Å². The van der Waals surface area contributed by atoms with Gasteiger partial charge < -0.3 is 4.90 Å². The van der Waals surface area contributed by atoms with E-state index in [1.807, 2.05) is 0 Å². The number of rotatable bonds is 1. The molecule has 2 atom stereocenters. The molecule has 0 spiro atoms. The Morgan fingerprint density at radius 2 is 2.17 bits per heavy atom. The molecule has 2 aliphatic heterocycles. The summed E-state index contributed by atoms with van der Waals surface area (Å²) in [5.74, 6) is -0.208. The van der Waals surface area contributed by atoms with Crippen LogP contribution in [-0.4, -0.2) is 36.6 Å². The lowest BCUT2D eigenvalue weighted by Gasteiger charge is -2.44. The van der Waals surface area contributed by atoms with Gasteiger partial charge in [-0.2, -0.15) is 0 Å². The Balaban J connectivity index is 1.91. The average molecular weight is 269 g/mol.